The average molecular weight is 281 g/mol. The molecule has 0 spiro atoms. The van der Waals surface area contributed by atoms with Gasteiger partial charge in [-0.2, -0.15) is 0 Å². The van der Waals surface area contributed by atoms with Crippen molar-refractivity contribution in [3.05, 3.63) is 65.7 Å². The van der Waals surface area contributed by atoms with Gasteiger partial charge in [0.15, 0.2) is 6.17 Å². The van der Waals surface area contributed by atoms with Crippen LogP contribution in [-0.4, -0.2) is 23.9 Å². The highest BCUT2D eigenvalue weighted by molar-refractivity contribution is 7.80. The first-order valence-electron chi connectivity index (χ1n) is 6.50. The number of benzene rings is 2. The van der Waals surface area contributed by atoms with Gasteiger partial charge in [-0.3, -0.25) is 10.3 Å². The van der Waals surface area contributed by atoms with Crippen molar-refractivity contribution in [3.8, 4) is 0 Å². The molecule has 0 radical (unpaired) electrons. The maximum Gasteiger partial charge on any atom is 0.151 e. The lowest BCUT2D eigenvalue weighted by Gasteiger charge is -2.12. The van der Waals surface area contributed by atoms with E-state index in [0.717, 1.165) is 22.5 Å². The third kappa shape index (κ3) is 2.35. The van der Waals surface area contributed by atoms with Crippen LogP contribution in [0.4, 0.5) is 5.69 Å². The van der Waals surface area contributed by atoms with Gasteiger partial charge in [0.1, 0.15) is 4.99 Å². The highest BCUT2D eigenvalue weighted by atomic mass is 32.1. The Labute approximate surface area is 123 Å². The quantitative estimate of drug-likeness (QED) is 0.831. The van der Waals surface area contributed by atoms with Crippen LogP contribution in [0.15, 0.2) is 59.6 Å². The third-order valence-corrected chi connectivity index (χ3v) is 3.59. The summed E-state index contributed by atoms with van der Waals surface area (Å²) in [6.45, 7) is 0. The average Bonchev–Trinajstić information content (AvgIpc) is 2.64. The molecule has 1 unspecified atom stereocenters. The zero-order chi connectivity index (χ0) is 13.9. The van der Waals surface area contributed by atoms with E-state index in [0.29, 0.717) is 4.99 Å². The molecule has 1 heterocycles. The van der Waals surface area contributed by atoms with Crippen molar-refractivity contribution in [3.63, 3.8) is 0 Å². The summed E-state index contributed by atoms with van der Waals surface area (Å²) in [7, 11) is 1.86. The third-order valence-electron chi connectivity index (χ3n) is 3.27. The largest absolute Gasteiger partial charge is 0.347 e. The molecule has 2 aromatic rings. The van der Waals surface area contributed by atoms with Crippen molar-refractivity contribution in [2.75, 3.05) is 12.4 Å². The fourth-order valence-electron chi connectivity index (χ4n) is 2.28. The number of para-hydroxylation sites is 1. The molecule has 0 aromatic heterocycles. The highest BCUT2D eigenvalue weighted by Crippen LogP contribution is 2.23. The van der Waals surface area contributed by atoms with Crippen molar-refractivity contribution in [2.24, 2.45) is 4.99 Å². The molecule has 0 saturated carbocycles. The van der Waals surface area contributed by atoms with E-state index in [1.54, 1.807) is 0 Å². The Morgan fingerprint density at radius 2 is 1.75 bits per heavy atom. The molecule has 0 saturated heterocycles. The molecule has 3 nitrogen and oxygen atoms in total. The standard InChI is InChI=1S/C16H15N3S/c1-17-15-16(20)18-13-10-6-5-9-12(13)14(19-15)11-7-3-2-4-8-11/h2-10,15,17H,1H3,(H,18,20). The summed E-state index contributed by atoms with van der Waals surface area (Å²) in [5.74, 6) is 0. The molecule has 100 valence electrons. The second kappa shape index (κ2) is 5.53. The summed E-state index contributed by atoms with van der Waals surface area (Å²) in [5, 5.41) is 6.41. The van der Waals surface area contributed by atoms with Crippen molar-refractivity contribution in [2.45, 2.75) is 6.17 Å². The van der Waals surface area contributed by atoms with E-state index < -0.39 is 0 Å². The first-order chi connectivity index (χ1) is 9.79. The second-order valence-electron chi connectivity index (χ2n) is 4.57. The molecule has 4 heteroatoms. The van der Waals surface area contributed by atoms with Gasteiger partial charge in [-0.15, -0.1) is 0 Å². The maximum atomic E-state index is 5.41. The maximum absolute atomic E-state index is 5.41. The number of benzodiazepines with no additional fused rings is 1. The van der Waals surface area contributed by atoms with E-state index in [-0.39, 0.29) is 6.17 Å². The molecule has 1 aliphatic rings. The molecular formula is C16H15N3S. The van der Waals surface area contributed by atoms with E-state index in [9.17, 15) is 0 Å². The van der Waals surface area contributed by atoms with Crippen molar-refractivity contribution >= 4 is 28.6 Å². The number of hydrogen-bond donors (Lipinski definition) is 2. The van der Waals surface area contributed by atoms with Crippen LogP contribution in [-0.2, 0) is 0 Å². The van der Waals surface area contributed by atoms with Crippen molar-refractivity contribution in [1.82, 2.24) is 5.32 Å². The predicted molar refractivity (Wildman–Crippen MR) is 87.6 cm³/mol. The molecule has 20 heavy (non-hydrogen) atoms. The molecule has 0 fully saturated rings. The lowest BCUT2D eigenvalue weighted by atomic mass is 10.0. The first-order valence-corrected chi connectivity index (χ1v) is 6.91. The molecule has 1 atom stereocenters. The molecule has 0 amide bonds. The fraction of sp³-hybridized carbons (Fsp3) is 0.125. The Bertz CT molecular complexity index is 664. The van der Waals surface area contributed by atoms with Crippen LogP contribution in [0.3, 0.4) is 0 Å². The summed E-state index contributed by atoms with van der Waals surface area (Å²) in [4.78, 5) is 5.47. The van der Waals surface area contributed by atoms with E-state index in [1.165, 1.54) is 0 Å². The summed E-state index contributed by atoms with van der Waals surface area (Å²) in [6, 6.07) is 18.3. The van der Waals surface area contributed by atoms with Gasteiger partial charge in [-0.05, 0) is 13.1 Å². The Balaban J connectivity index is 2.20. The van der Waals surface area contributed by atoms with Crippen LogP contribution < -0.4 is 10.6 Å². The van der Waals surface area contributed by atoms with Crippen LogP contribution in [0.1, 0.15) is 11.1 Å². The first kappa shape index (κ1) is 13.0. The van der Waals surface area contributed by atoms with Gasteiger partial charge in [0, 0.05) is 16.8 Å². The van der Waals surface area contributed by atoms with Crippen LogP contribution >= 0.6 is 12.2 Å². The highest BCUT2D eigenvalue weighted by Gasteiger charge is 2.21. The minimum atomic E-state index is -0.215. The van der Waals surface area contributed by atoms with E-state index in [4.69, 9.17) is 17.2 Å². The van der Waals surface area contributed by atoms with Crippen molar-refractivity contribution < 1.29 is 0 Å². The van der Waals surface area contributed by atoms with Crippen LogP contribution in [0, 0.1) is 0 Å². The molecular weight excluding hydrogens is 266 g/mol. The van der Waals surface area contributed by atoms with Gasteiger partial charge in [0.25, 0.3) is 0 Å². The van der Waals surface area contributed by atoms with Gasteiger partial charge >= 0.3 is 0 Å². The SMILES string of the molecule is CNC1N=C(c2ccccc2)c2ccccc2NC1=S. The molecule has 2 N–H and O–H groups in total. The lowest BCUT2D eigenvalue weighted by Crippen LogP contribution is -2.35. The zero-order valence-corrected chi connectivity index (χ0v) is 11.9. The fourth-order valence-corrected chi connectivity index (χ4v) is 2.56. The number of likely N-dealkylation sites (N-methyl/N-ethyl adjacent to an activating group) is 1. The van der Waals surface area contributed by atoms with Crippen molar-refractivity contribution in [1.29, 1.82) is 0 Å². The number of nitrogens with zero attached hydrogens (tertiary/aromatic N) is 1. The van der Waals surface area contributed by atoms with E-state index in [2.05, 4.69) is 28.8 Å². The van der Waals surface area contributed by atoms with Crippen LogP contribution in [0.5, 0.6) is 0 Å². The van der Waals surface area contributed by atoms with Gasteiger partial charge in [-0.25, -0.2) is 0 Å². The summed E-state index contributed by atoms with van der Waals surface area (Å²) >= 11 is 5.41. The normalized spacial score (nSPS) is 17.8. The van der Waals surface area contributed by atoms with E-state index in [1.807, 2.05) is 43.4 Å². The number of hydrogen-bond acceptors (Lipinski definition) is 3. The topological polar surface area (TPSA) is 36.4 Å². The zero-order valence-electron chi connectivity index (χ0n) is 11.1. The Hall–Kier alpha value is -2.04. The van der Waals surface area contributed by atoms with Gasteiger partial charge < -0.3 is 5.32 Å². The molecule has 1 aliphatic heterocycles. The summed E-state index contributed by atoms with van der Waals surface area (Å²) < 4.78 is 0. The molecule has 0 bridgehead atoms. The number of thiocarbonyl (C=S) groups is 1. The predicted octanol–water partition coefficient (Wildman–Crippen LogP) is 2.82. The number of rotatable bonds is 2. The molecule has 2 aromatic carbocycles. The van der Waals surface area contributed by atoms with Gasteiger partial charge in [-0.1, -0.05) is 60.7 Å². The lowest BCUT2D eigenvalue weighted by molar-refractivity contribution is 0.743. The van der Waals surface area contributed by atoms with Gasteiger partial charge in [0.05, 0.1) is 5.71 Å². The van der Waals surface area contributed by atoms with Crippen LogP contribution in [0.2, 0.25) is 0 Å². The number of anilines is 1. The van der Waals surface area contributed by atoms with Crippen LogP contribution in [0.25, 0.3) is 0 Å². The number of nitrogens with one attached hydrogen (secondary N) is 2. The molecule has 3 rings (SSSR count). The Morgan fingerprint density at radius 3 is 2.50 bits per heavy atom. The number of fused-ring (bicyclic) bond motifs is 1. The Kier molecular flexibility index (Phi) is 3.58. The second-order valence-corrected chi connectivity index (χ2v) is 5.01. The van der Waals surface area contributed by atoms with E-state index >= 15 is 0 Å². The van der Waals surface area contributed by atoms with Gasteiger partial charge in [0.2, 0.25) is 0 Å². The minimum absolute atomic E-state index is 0.215. The summed E-state index contributed by atoms with van der Waals surface area (Å²) in [5.41, 5.74) is 4.11. The minimum Gasteiger partial charge on any atom is -0.347 e. The summed E-state index contributed by atoms with van der Waals surface area (Å²) in [6.07, 6.45) is -0.215. The smallest absolute Gasteiger partial charge is 0.151 e. The Morgan fingerprint density at radius 1 is 1.05 bits per heavy atom. The number of aliphatic imine (C=N–C) groups is 1. The molecule has 0 aliphatic carbocycles. The monoisotopic (exact) mass is 281 g/mol.